The van der Waals surface area contributed by atoms with E-state index in [-0.39, 0.29) is 5.41 Å². The molecule has 0 aliphatic heterocycles. The number of benzene rings is 11. The lowest BCUT2D eigenvalue weighted by Gasteiger charge is -2.34. The SMILES string of the molecule is CC1(C)c2ccccc2-c2ccc(N(c3ccc(-c4ccccc4)cc3)c3ccc(-c4ccc5c(c4)C(c4ccccc4)(c4ccccc4)c4cc(-c6ccccc6)c6ccccc6c4-5)cc3)cc21. The fourth-order valence-electron chi connectivity index (χ4n) is 11.9. The van der Waals surface area contributed by atoms with Crippen LogP contribution in [0.2, 0.25) is 0 Å². The van der Waals surface area contributed by atoms with Gasteiger partial charge in [0.25, 0.3) is 0 Å². The highest BCUT2D eigenvalue weighted by atomic mass is 15.1. The Bertz CT molecular complexity index is 3660. The first kappa shape index (κ1) is 40.7. The van der Waals surface area contributed by atoms with E-state index >= 15 is 0 Å². The second-order valence-corrected chi connectivity index (χ2v) is 19.2. The molecule has 0 saturated carbocycles. The summed E-state index contributed by atoms with van der Waals surface area (Å²) in [5.74, 6) is 0. The predicted octanol–water partition coefficient (Wildman–Crippen LogP) is 18.0. The molecule has 0 aromatic heterocycles. The molecule has 0 amide bonds. The van der Waals surface area contributed by atoms with Crippen molar-refractivity contribution in [3.63, 3.8) is 0 Å². The quantitative estimate of drug-likeness (QED) is 0.147. The molecule has 0 saturated heterocycles. The standard InChI is InChI=1S/C68H49N/c1-67(2)62-30-18-17-28-57(62)58-42-40-55(44-63(58)67)69(53-36-31-47(32-37-53)46-19-7-3-8-20-46)54-38-33-48(34-39-54)50-35-41-60-64(43-50)68(51-23-11-5-12-24-51,52-25-13-6-14-26-52)65-45-61(49-21-9-4-10-22-49)56-27-15-16-29-59(56)66(60)65/h3-45H,1-2H3. The van der Waals surface area contributed by atoms with Gasteiger partial charge in [-0.25, -0.2) is 0 Å². The van der Waals surface area contributed by atoms with Crippen molar-refractivity contribution in [2.75, 3.05) is 4.90 Å². The number of hydrogen-bond donors (Lipinski definition) is 0. The molecule has 2 aliphatic carbocycles. The number of nitrogens with zero attached hydrogens (tertiary/aromatic N) is 1. The highest BCUT2D eigenvalue weighted by Crippen LogP contribution is 2.60. The first-order valence-electron chi connectivity index (χ1n) is 24.2. The largest absolute Gasteiger partial charge is 0.310 e. The van der Waals surface area contributed by atoms with Gasteiger partial charge in [0.15, 0.2) is 0 Å². The maximum absolute atomic E-state index is 2.50. The van der Waals surface area contributed by atoms with Crippen molar-refractivity contribution >= 4 is 27.8 Å². The number of rotatable bonds is 8. The van der Waals surface area contributed by atoms with Gasteiger partial charge in [-0.05, 0) is 148 Å². The molecular formula is C68H49N. The van der Waals surface area contributed by atoms with Gasteiger partial charge in [-0.2, -0.15) is 0 Å². The third-order valence-corrected chi connectivity index (χ3v) is 15.2. The van der Waals surface area contributed by atoms with Crippen molar-refractivity contribution in [3.8, 4) is 55.6 Å². The zero-order valence-corrected chi connectivity index (χ0v) is 38.8. The van der Waals surface area contributed by atoms with E-state index < -0.39 is 5.41 Å². The Labute approximate surface area is 405 Å². The summed E-state index contributed by atoms with van der Waals surface area (Å²) < 4.78 is 0. The molecule has 0 heterocycles. The average molecular weight is 880 g/mol. The Morgan fingerprint density at radius 1 is 0.275 bits per heavy atom. The molecule has 0 N–H and O–H groups in total. The Balaban J connectivity index is 0.973. The normalized spacial score (nSPS) is 13.6. The minimum Gasteiger partial charge on any atom is -0.310 e. The minimum absolute atomic E-state index is 0.119. The lowest BCUT2D eigenvalue weighted by molar-refractivity contribution is 0.660. The molecule has 1 nitrogen and oxygen atoms in total. The lowest BCUT2D eigenvalue weighted by Crippen LogP contribution is -2.28. The van der Waals surface area contributed by atoms with Gasteiger partial charge in [0.05, 0.1) is 5.41 Å². The fraction of sp³-hybridized carbons (Fsp3) is 0.0588. The van der Waals surface area contributed by atoms with Crippen molar-refractivity contribution in [1.29, 1.82) is 0 Å². The van der Waals surface area contributed by atoms with Crippen molar-refractivity contribution in [2.45, 2.75) is 24.7 Å². The summed E-state index contributed by atoms with van der Waals surface area (Å²) >= 11 is 0. The van der Waals surface area contributed by atoms with E-state index in [0.717, 1.165) is 17.1 Å². The second kappa shape index (κ2) is 16.1. The summed E-state index contributed by atoms with van der Waals surface area (Å²) in [6.07, 6.45) is 0. The Morgan fingerprint density at radius 3 is 1.38 bits per heavy atom. The maximum atomic E-state index is 2.50. The number of anilines is 3. The number of hydrogen-bond acceptors (Lipinski definition) is 1. The van der Waals surface area contributed by atoms with Crippen LogP contribution in [0.4, 0.5) is 17.1 Å². The van der Waals surface area contributed by atoms with Gasteiger partial charge in [-0.3, -0.25) is 0 Å². The first-order valence-corrected chi connectivity index (χ1v) is 24.2. The van der Waals surface area contributed by atoms with Gasteiger partial charge in [-0.15, -0.1) is 0 Å². The van der Waals surface area contributed by atoms with Crippen LogP contribution in [0, 0.1) is 0 Å². The zero-order valence-electron chi connectivity index (χ0n) is 38.8. The predicted molar refractivity (Wildman–Crippen MR) is 290 cm³/mol. The highest BCUT2D eigenvalue weighted by Gasteiger charge is 2.47. The van der Waals surface area contributed by atoms with Crippen LogP contribution >= 0.6 is 0 Å². The van der Waals surface area contributed by atoms with Gasteiger partial charge in [-0.1, -0.05) is 226 Å². The summed E-state index contributed by atoms with van der Waals surface area (Å²) in [6, 6.07) is 96.8. The van der Waals surface area contributed by atoms with E-state index in [4.69, 9.17) is 0 Å². The summed E-state index contributed by atoms with van der Waals surface area (Å²) in [5, 5.41) is 2.54. The Morgan fingerprint density at radius 2 is 0.739 bits per heavy atom. The summed E-state index contributed by atoms with van der Waals surface area (Å²) in [5.41, 5.74) is 23.0. The topological polar surface area (TPSA) is 3.24 Å². The van der Waals surface area contributed by atoms with E-state index in [1.54, 1.807) is 0 Å². The van der Waals surface area contributed by atoms with Crippen molar-refractivity contribution in [3.05, 3.63) is 294 Å². The van der Waals surface area contributed by atoms with Crippen molar-refractivity contribution < 1.29 is 0 Å². The Hall–Kier alpha value is -8.52. The summed E-state index contributed by atoms with van der Waals surface area (Å²) in [6.45, 7) is 4.72. The van der Waals surface area contributed by atoms with Crippen LogP contribution in [0.5, 0.6) is 0 Å². The van der Waals surface area contributed by atoms with E-state index in [0.29, 0.717) is 0 Å². The monoisotopic (exact) mass is 879 g/mol. The molecule has 0 bridgehead atoms. The summed E-state index contributed by atoms with van der Waals surface area (Å²) in [4.78, 5) is 2.42. The molecule has 11 aromatic rings. The second-order valence-electron chi connectivity index (χ2n) is 19.2. The molecule has 13 rings (SSSR count). The molecule has 0 radical (unpaired) electrons. The van der Waals surface area contributed by atoms with Crippen LogP contribution in [-0.2, 0) is 10.8 Å². The van der Waals surface area contributed by atoms with Crippen LogP contribution in [-0.4, -0.2) is 0 Å². The van der Waals surface area contributed by atoms with E-state index in [2.05, 4.69) is 280 Å². The van der Waals surface area contributed by atoms with Gasteiger partial charge < -0.3 is 4.90 Å². The third kappa shape index (κ3) is 6.38. The van der Waals surface area contributed by atoms with Gasteiger partial charge in [0.2, 0.25) is 0 Å². The number of fused-ring (bicyclic) bond motifs is 8. The summed E-state index contributed by atoms with van der Waals surface area (Å²) in [7, 11) is 0. The molecule has 0 spiro atoms. The van der Waals surface area contributed by atoms with Crippen LogP contribution < -0.4 is 4.90 Å². The van der Waals surface area contributed by atoms with Gasteiger partial charge in [0.1, 0.15) is 0 Å². The van der Waals surface area contributed by atoms with Gasteiger partial charge in [0, 0.05) is 22.5 Å². The first-order chi connectivity index (χ1) is 34.0. The zero-order chi connectivity index (χ0) is 46.1. The molecule has 0 unspecified atom stereocenters. The van der Waals surface area contributed by atoms with E-state index in [1.807, 2.05) is 0 Å². The smallest absolute Gasteiger partial charge is 0.0714 e. The Kier molecular flexibility index (Phi) is 9.49. The minimum atomic E-state index is -0.569. The molecule has 0 fully saturated rings. The fourth-order valence-corrected chi connectivity index (χ4v) is 11.9. The molecular weight excluding hydrogens is 831 g/mol. The third-order valence-electron chi connectivity index (χ3n) is 15.2. The molecule has 0 atom stereocenters. The van der Waals surface area contributed by atoms with E-state index in [9.17, 15) is 0 Å². The van der Waals surface area contributed by atoms with Crippen molar-refractivity contribution in [1.82, 2.24) is 0 Å². The molecule has 69 heavy (non-hydrogen) atoms. The van der Waals surface area contributed by atoms with Gasteiger partial charge >= 0.3 is 0 Å². The van der Waals surface area contributed by atoms with Crippen LogP contribution in [0.25, 0.3) is 66.4 Å². The molecule has 326 valence electrons. The average Bonchev–Trinajstić information content (AvgIpc) is 3.85. The molecule has 1 heteroatoms. The van der Waals surface area contributed by atoms with Crippen LogP contribution in [0.15, 0.2) is 261 Å². The van der Waals surface area contributed by atoms with Crippen LogP contribution in [0.1, 0.15) is 47.2 Å². The van der Waals surface area contributed by atoms with Crippen LogP contribution in [0.3, 0.4) is 0 Å². The highest BCUT2D eigenvalue weighted by molar-refractivity contribution is 6.10. The van der Waals surface area contributed by atoms with E-state index in [1.165, 1.54) is 99.8 Å². The molecule has 11 aromatic carbocycles. The maximum Gasteiger partial charge on any atom is 0.0714 e. The molecule has 2 aliphatic rings. The van der Waals surface area contributed by atoms with Crippen molar-refractivity contribution in [2.24, 2.45) is 0 Å². The lowest BCUT2D eigenvalue weighted by atomic mass is 9.67.